The molecule has 1 rings (SSSR count). The molecule has 1 heterocycles. The molecular formula is C5H10N4. The Morgan fingerprint density at radius 3 is 2.67 bits per heavy atom. The van der Waals surface area contributed by atoms with Crippen molar-refractivity contribution in [2.45, 2.75) is 0 Å². The molecule has 0 aliphatic carbocycles. The zero-order valence-electron chi connectivity index (χ0n) is 5.33. The van der Waals surface area contributed by atoms with Crippen LogP contribution in [-0.2, 0) is 0 Å². The molecule has 3 N–H and O–H groups in total. The number of hydrazine groups is 1. The van der Waals surface area contributed by atoms with Gasteiger partial charge in [0.25, 0.3) is 0 Å². The van der Waals surface area contributed by atoms with E-state index in [4.69, 9.17) is 11.1 Å². The molecule has 0 saturated heterocycles. The number of likely N-dealkylation sites (N-methyl/N-ethyl adjacent to an activating group) is 1. The SMILES string of the molecule is CN1CC=CN1C(=N)N. The van der Waals surface area contributed by atoms with Crippen LogP contribution in [0.15, 0.2) is 12.3 Å². The number of nitrogens with two attached hydrogens (primary N) is 1. The Morgan fingerprint density at radius 2 is 2.44 bits per heavy atom. The first-order valence-corrected chi connectivity index (χ1v) is 2.73. The van der Waals surface area contributed by atoms with Crippen molar-refractivity contribution in [3.8, 4) is 0 Å². The molecule has 0 unspecified atom stereocenters. The first-order valence-electron chi connectivity index (χ1n) is 2.73. The Morgan fingerprint density at radius 1 is 1.78 bits per heavy atom. The highest BCUT2D eigenvalue weighted by molar-refractivity contribution is 5.75. The lowest BCUT2D eigenvalue weighted by atomic mass is 10.6. The maximum absolute atomic E-state index is 7.03. The summed E-state index contributed by atoms with van der Waals surface area (Å²) in [4.78, 5) is 0. The maximum atomic E-state index is 7.03. The number of nitrogens with zero attached hydrogens (tertiary/aromatic N) is 2. The molecule has 9 heavy (non-hydrogen) atoms. The summed E-state index contributed by atoms with van der Waals surface area (Å²) in [6, 6.07) is 0. The van der Waals surface area contributed by atoms with Gasteiger partial charge in [0.1, 0.15) is 0 Å². The van der Waals surface area contributed by atoms with Crippen LogP contribution in [0, 0.1) is 5.41 Å². The molecule has 4 heteroatoms. The minimum absolute atomic E-state index is 0.0613. The fourth-order valence-corrected chi connectivity index (χ4v) is 0.766. The molecule has 0 amide bonds. The van der Waals surface area contributed by atoms with Crippen LogP contribution in [0.5, 0.6) is 0 Å². The molecule has 0 aromatic rings. The lowest BCUT2D eigenvalue weighted by Crippen LogP contribution is -2.40. The lowest BCUT2D eigenvalue weighted by Gasteiger charge is -2.22. The summed E-state index contributed by atoms with van der Waals surface area (Å²) < 4.78 is 0. The molecule has 0 saturated carbocycles. The zero-order valence-corrected chi connectivity index (χ0v) is 5.33. The van der Waals surface area contributed by atoms with Crippen LogP contribution in [-0.4, -0.2) is 29.6 Å². The molecule has 0 spiro atoms. The normalized spacial score (nSPS) is 19.0. The number of guanidine groups is 1. The standard InChI is InChI=1S/C5H10N4/c1-8-3-2-4-9(8)5(6)7/h2,4H,3H2,1H3,(H3,6,7). The molecule has 0 aromatic carbocycles. The third kappa shape index (κ3) is 1.02. The topological polar surface area (TPSA) is 56.4 Å². The summed E-state index contributed by atoms with van der Waals surface area (Å²) in [5, 5.41) is 10.5. The van der Waals surface area contributed by atoms with Gasteiger partial charge >= 0.3 is 0 Å². The largest absolute Gasteiger partial charge is 0.369 e. The van der Waals surface area contributed by atoms with E-state index >= 15 is 0 Å². The smallest absolute Gasteiger partial charge is 0.207 e. The van der Waals surface area contributed by atoms with E-state index in [0.717, 1.165) is 6.54 Å². The summed E-state index contributed by atoms with van der Waals surface area (Å²) in [6.07, 6.45) is 3.73. The van der Waals surface area contributed by atoms with Crippen molar-refractivity contribution in [2.75, 3.05) is 13.6 Å². The fraction of sp³-hybridized carbons (Fsp3) is 0.400. The van der Waals surface area contributed by atoms with Gasteiger partial charge < -0.3 is 5.73 Å². The Hall–Kier alpha value is -1.03. The molecule has 4 nitrogen and oxygen atoms in total. The summed E-state index contributed by atoms with van der Waals surface area (Å²) in [7, 11) is 1.88. The van der Waals surface area contributed by atoms with E-state index in [1.54, 1.807) is 11.2 Å². The molecule has 0 bridgehead atoms. The van der Waals surface area contributed by atoms with E-state index in [-0.39, 0.29) is 5.96 Å². The van der Waals surface area contributed by atoms with E-state index in [9.17, 15) is 0 Å². The van der Waals surface area contributed by atoms with Gasteiger partial charge in [-0.2, -0.15) is 0 Å². The minimum atomic E-state index is 0.0613. The predicted molar refractivity (Wildman–Crippen MR) is 35.5 cm³/mol. The van der Waals surface area contributed by atoms with Gasteiger partial charge in [-0.3, -0.25) is 10.4 Å². The minimum Gasteiger partial charge on any atom is -0.369 e. The number of hydrogen-bond donors (Lipinski definition) is 2. The van der Waals surface area contributed by atoms with Crippen molar-refractivity contribution in [1.29, 1.82) is 5.41 Å². The van der Waals surface area contributed by atoms with Crippen LogP contribution < -0.4 is 5.73 Å². The lowest BCUT2D eigenvalue weighted by molar-refractivity contribution is 0.166. The Bertz CT molecular complexity index is 151. The van der Waals surface area contributed by atoms with Gasteiger partial charge in [0.2, 0.25) is 5.96 Å². The second-order valence-corrected chi connectivity index (χ2v) is 1.95. The Balaban J connectivity index is 2.59. The van der Waals surface area contributed by atoms with Crippen molar-refractivity contribution in [3.63, 3.8) is 0 Å². The summed E-state index contributed by atoms with van der Waals surface area (Å²) in [5.41, 5.74) is 5.20. The summed E-state index contributed by atoms with van der Waals surface area (Å²) in [6.45, 7) is 0.833. The second kappa shape index (κ2) is 2.06. The summed E-state index contributed by atoms with van der Waals surface area (Å²) >= 11 is 0. The zero-order chi connectivity index (χ0) is 6.85. The van der Waals surface area contributed by atoms with E-state index in [0.29, 0.717) is 0 Å². The molecule has 0 fully saturated rings. The van der Waals surface area contributed by atoms with Crippen molar-refractivity contribution >= 4 is 5.96 Å². The van der Waals surface area contributed by atoms with Gasteiger partial charge in [-0.25, -0.2) is 5.01 Å². The van der Waals surface area contributed by atoms with Gasteiger partial charge in [0.05, 0.1) is 0 Å². The van der Waals surface area contributed by atoms with Gasteiger partial charge in [-0.1, -0.05) is 6.08 Å². The van der Waals surface area contributed by atoms with Crippen molar-refractivity contribution in [2.24, 2.45) is 5.73 Å². The summed E-state index contributed by atoms with van der Waals surface area (Å²) in [5.74, 6) is 0.0613. The highest BCUT2D eigenvalue weighted by Gasteiger charge is 2.12. The molecule has 1 aliphatic heterocycles. The van der Waals surface area contributed by atoms with Gasteiger partial charge in [0.15, 0.2) is 0 Å². The predicted octanol–water partition coefficient (Wildman–Crippen LogP) is -0.444. The van der Waals surface area contributed by atoms with Gasteiger partial charge in [0, 0.05) is 19.8 Å². The second-order valence-electron chi connectivity index (χ2n) is 1.95. The highest BCUT2D eigenvalue weighted by Crippen LogP contribution is 2.01. The van der Waals surface area contributed by atoms with Crippen LogP contribution in [0.2, 0.25) is 0 Å². The van der Waals surface area contributed by atoms with Crippen molar-refractivity contribution in [1.82, 2.24) is 10.0 Å². The van der Waals surface area contributed by atoms with Crippen LogP contribution in [0.1, 0.15) is 0 Å². The fourth-order valence-electron chi connectivity index (χ4n) is 0.766. The molecule has 0 aromatic heterocycles. The van der Waals surface area contributed by atoms with E-state index in [1.165, 1.54) is 0 Å². The van der Waals surface area contributed by atoms with E-state index in [1.807, 2.05) is 18.1 Å². The molecular weight excluding hydrogens is 116 g/mol. The van der Waals surface area contributed by atoms with Crippen molar-refractivity contribution in [3.05, 3.63) is 12.3 Å². The van der Waals surface area contributed by atoms with E-state index in [2.05, 4.69) is 0 Å². The van der Waals surface area contributed by atoms with Gasteiger partial charge in [-0.15, -0.1) is 0 Å². The maximum Gasteiger partial charge on any atom is 0.207 e. The van der Waals surface area contributed by atoms with Crippen LogP contribution in [0.4, 0.5) is 0 Å². The number of nitrogens with one attached hydrogen (secondary N) is 1. The van der Waals surface area contributed by atoms with Crippen LogP contribution in [0.3, 0.4) is 0 Å². The third-order valence-electron chi connectivity index (χ3n) is 1.23. The quantitative estimate of drug-likeness (QED) is 0.341. The first kappa shape index (κ1) is 6.10. The first-order chi connectivity index (χ1) is 4.22. The number of rotatable bonds is 0. The average Bonchev–Trinajstić information content (AvgIpc) is 2.13. The van der Waals surface area contributed by atoms with E-state index < -0.39 is 0 Å². The molecule has 0 radical (unpaired) electrons. The molecule has 50 valence electrons. The number of hydrogen-bond acceptors (Lipinski definition) is 2. The monoisotopic (exact) mass is 126 g/mol. The third-order valence-corrected chi connectivity index (χ3v) is 1.23. The van der Waals surface area contributed by atoms with Crippen LogP contribution in [0.25, 0.3) is 0 Å². The van der Waals surface area contributed by atoms with Crippen LogP contribution >= 0.6 is 0 Å². The van der Waals surface area contributed by atoms with Crippen molar-refractivity contribution < 1.29 is 0 Å². The van der Waals surface area contributed by atoms with Gasteiger partial charge in [-0.05, 0) is 0 Å². The molecule has 0 atom stereocenters. The Kier molecular flexibility index (Phi) is 1.40. The highest BCUT2D eigenvalue weighted by atomic mass is 15.6. The molecule has 1 aliphatic rings. The Labute approximate surface area is 54.0 Å². The average molecular weight is 126 g/mol.